The topological polar surface area (TPSA) is 32.3 Å². The normalized spacial score (nSPS) is 21.2. The second-order valence-electron chi connectivity index (χ2n) is 3.09. The summed E-state index contributed by atoms with van der Waals surface area (Å²) in [7, 11) is 0. The lowest BCUT2D eigenvalue weighted by Gasteiger charge is -2.29. The summed E-state index contributed by atoms with van der Waals surface area (Å²) in [4.78, 5) is 0. The summed E-state index contributed by atoms with van der Waals surface area (Å²) in [6.07, 6.45) is 1.05. The fraction of sp³-hybridized carbons (Fsp3) is 0.333. The molecule has 0 aliphatic carbocycles. The largest absolute Gasteiger partial charge is 0.506 e. The molecule has 1 saturated heterocycles. The van der Waals surface area contributed by atoms with Gasteiger partial charge in [0, 0.05) is 16.1 Å². The lowest BCUT2D eigenvalue weighted by atomic mass is 9.97. The third kappa shape index (κ3) is 1.56. The number of halogens is 2. The van der Waals surface area contributed by atoms with Gasteiger partial charge in [0.2, 0.25) is 0 Å². The molecule has 1 aliphatic heterocycles. The highest BCUT2D eigenvalue weighted by Crippen LogP contribution is 2.40. The molecule has 0 amide bonds. The fourth-order valence-corrected chi connectivity index (χ4v) is 2.18. The molecule has 4 heteroatoms. The van der Waals surface area contributed by atoms with E-state index in [4.69, 9.17) is 11.6 Å². The lowest BCUT2D eigenvalue weighted by Crippen LogP contribution is -2.35. The molecular formula is C9H9BrClNO. The Hall–Kier alpha value is -0.250. The molecule has 2 rings (SSSR count). The van der Waals surface area contributed by atoms with Gasteiger partial charge in [-0.05, 0) is 25.1 Å². The average Bonchev–Trinajstić information content (AvgIpc) is 2.02. The first-order valence-corrected chi connectivity index (χ1v) is 5.27. The van der Waals surface area contributed by atoms with Crippen LogP contribution in [-0.2, 0) is 0 Å². The van der Waals surface area contributed by atoms with Crippen molar-refractivity contribution in [1.29, 1.82) is 0 Å². The highest BCUT2D eigenvalue weighted by atomic mass is 79.9. The van der Waals surface area contributed by atoms with Gasteiger partial charge in [-0.15, -0.1) is 0 Å². The quantitative estimate of drug-likeness (QED) is 0.816. The number of benzene rings is 1. The maximum Gasteiger partial charge on any atom is 0.140 e. The molecule has 0 unspecified atom stereocenters. The van der Waals surface area contributed by atoms with Crippen molar-refractivity contribution < 1.29 is 5.11 Å². The Bertz CT molecular complexity index is 339. The van der Waals surface area contributed by atoms with Gasteiger partial charge in [-0.25, -0.2) is 0 Å². The van der Waals surface area contributed by atoms with Gasteiger partial charge in [-0.3, -0.25) is 0 Å². The van der Waals surface area contributed by atoms with Gasteiger partial charge in [0.25, 0.3) is 0 Å². The summed E-state index contributed by atoms with van der Waals surface area (Å²) in [6.45, 7) is 1.00. The molecule has 1 fully saturated rings. The van der Waals surface area contributed by atoms with E-state index < -0.39 is 0 Å². The number of phenols is 1. The van der Waals surface area contributed by atoms with Gasteiger partial charge >= 0.3 is 0 Å². The van der Waals surface area contributed by atoms with E-state index in [0.717, 1.165) is 23.0 Å². The van der Waals surface area contributed by atoms with Crippen molar-refractivity contribution in [3.63, 3.8) is 0 Å². The number of nitrogens with one attached hydrogen (secondary N) is 1. The van der Waals surface area contributed by atoms with Crippen LogP contribution in [0.4, 0.5) is 0 Å². The van der Waals surface area contributed by atoms with Crippen molar-refractivity contribution in [3.8, 4) is 5.75 Å². The molecule has 2 nitrogen and oxygen atoms in total. The Morgan fingerprint density at radius 1 is 1.54 bits per heavy atom. The zero-order valence-electron chi connectivity index (χ0n) is 6.85. The van der Waals surface area contributed by atoms with Gasteiger partial charge in [0.1, 0.15) is 5.75 Å². The van der Waals surface area contributed by atoms with Crippen LogP contribution in [0.25, 0.3) is 0 Å². The second-order valence-corrected chi connectivity index (χ2v) is 4.35. The predicted octanol–water partition coefficient (Wildman–Crippen LogP) is 2.84. The Kier molecular flexibility index (Phi) is 2.49. The maximum absolute atomic E-state index is 9.71. The van der Waals surface area contributed by atoms with Crippen LogP contribution in [0.15, 0.2) is 16.6 Å². The van der Waals surface area contributed by atoms with Crippen molar-refractivity contribution in [2.45, 2.75) is 12.5 Å². The highest BCUT2D eigenvalue weighted by Gasteiger charge is 2.24. The van der Waals surface area contributed by atoms with Gasteiger partial charge in [0.15, 0.2) is 0 Å². The monoisotopic (exact) mass is 261 g/mol. The van der Waals surface area contributed by atoms with E-state index >= 15 is 0 Å². The first-order chi connectivity index (χ1) is 6.20. The van der Waals surface area contributed by atoms with Crippen molar-refractivity contribution in [3.05, 3.63) is 27.2 Å². The molecule has 0 spiro atoms. The molecule has 1 aromatic rings. The average molecular weight is 263 g/mol. The van der Waals surface area contributed by atoms with E-state index in [0.29, 0.717) is 5.02 Å². The van der Waals surface area contributed by atoms with Crippen molar-refractivity contribution in [2.75, 3.05) is 6.54 Å². The smallest absolute Gasteiger partial charge is 0.140 e. The van der Waals surface area contributed by atoms with Gasteiger partial charge in [0.05, 0.1) is 5.02 Å². The van der Waals surface area contributed by atoms with E-state index in [1.807, 2.05) is 6.07 Å². The van der Waals surface area contributed by atoms with E-state index in [-0.39, 0.29) is 11.8 Å². The third-order valence-electron chi connectivity index (χ3n) is 2.29. The number of phenolic OH excluding ortho intramolecular Hbond substituents is 1. The Morgan fingerprint density at radius 2 is 2.23 bits per heavy atom. The van der Waals surface area contributed by atoms with Crippen LogP contribution in [0.2, 0.25) is 5.02 Å². The summed E-state index contributed by atoms with van der Waals surface area (Å²) < 4.78 is 0.909. The van der Waals surface area contributed by atoms with Crippen LogP contribution in [0.1, 0.15) is 18.0 Å². The number of hydrogen-bond donors (Lipinski definition) is 2. The molecule has 2 N–H and O–H groups in total. The van der Waals surface area contributed by atoms with Crippen LogP contribution in [0.5, 0.6) is 5.75 Å². The summed E-state index contributed by atoms with van der Waals surface area (Å²) >= 11 is 9.21. The van der Waals surface area contributed by atoms with Gasteiger partial charge < -0.3 is 10.4 Å². The van der Waals surface area contributed by atoms with Crippen molar-refractivity contribution in [2.24, 2.45) is 0 Å². The predicted molar refractivity (Wildman–Crippen MR) is 56.2 cm³/mol. The first kappa shape index (κ1) is 9.31. The molecule has 70 valence electrons. The number of hydrogen-bond acceptors (Lipinski definition) is 2. The summed E-state index contributed by atoms with van der Waals surface area (Å²) in [5, 5.41) is 13.3. The number of rotatable bonds is 1. The molecule has 1 atom stereocenters. The van der Waals surface area contributed by atoms with Gasteiger partial charge in [-0.2, -0.15) is 0 Å². The molecule has 0 saturated carbocycles. The van der Waals surface area contributed by atoms with Gasteiger partial charge in [-0.1, -0.05) is 27.5 Å². The van der Waals surface area contributed by atoms with Crippen LogP contribution in [0.3, 0.4) is 0 Å². The van der Waals surface area contributed by atoms with E-state index in [1.54, 1.807) is 6.07 Å². The van der Waals surface area contributed by atoms with E-state index in [9.17, 15) is 5.11 Å². The SMILES string of the molecule is Oc1c(Cl)ccc(Br)c1[C@H]1CCN1. The molecule has 0 aromatic heterocycles. The molecule has 1 heterocycles. The first-order valence-electron chi connectivity index (χ1n) is 4.10. The van der Waals surface area contributed by atoms with Crippen LogP contribution in [-0.4, -0.2) is 11.7 Å². The summed E-state index contributed by atoms with van der Waals surface area (Å²) in [6, 6.07) is 3.79. The van der Waals surface area contributed by atoms with Crippen molar-refractivity contribution in [1.82, 2.24) is 5.32 Å². The molecule has 0 bridgehead atoms. The zero-order chi connectivity index (χ0) is 9.42. The second kappa shape index (κ2) is 3.48. The van der Waals surface area contributed by atoms with Crippen LogP contribution < -0.4 is 5.32 Å². The van der Waals surface area contributed by atoms with E-state index in [2.05, 4.69) is 21.2 Å². The Morgan fingerprint density at radius 3 is 2.77 bits per heavy atom. The standard InChI is InChI=1S/C9H9BrClNO/c10-5-1-2-6(11)9(13)8(5)7-3-4-12-7/h1-2,7,12-13H,3-4H2/t7-/m1/s1. The molecule has 0 radical (unpaired) electrons. The molecule has 1 aliphatic rings. The minimum Gasteiger partial charge on any atom is -0.506 e. The Labute approximate surface area is 90.0 Å². The Balaban J connectivity index is 2.46. The summed E-state index contributed by atoms with van der Waals surface area (Å²) in [5.74, 6) is 0.188. The highest BCUT2D eigenvalue weighted by molar-refractivity contribution is 9.10. The number of aromatic hydroxyl groups is 1. The molecular weight excluding hydrogens is 253 g/mol. The third-order valence-corrected chi connectivity index (χ3v) is 3.28. The van der Waals surface area contributed by atoms with E-state index in [1.165, 1.54) is 0 Å². The van der Waals surface area contributed by atoms with Crippen LogP contribution >= 0.6 is 27.5 Å². The fourth-order valence-electron chi connectivity index (χ4n) is 1.42. The minimum absolute atomic E-state index is 0.188. The molecule has 13 heavy (non-hydrogen) atoms. The molecule has 1 aromatic carbocycles. The minimum atomic E-state index is 0.188. The van der Waals surface area contributed by atoms with Crippen molar-refractivity contribution >= 4 is 27.5 Å². The zero-order valence-corrected chi connectivity index (χ0v) is 9.19. The van der Waals surface area contributed by atoms with Crippen LogP contribution in [0, 0.1) is 0 Å². The summed E-state index contributed by atoms with van der Waals surface area (Å²) in [5.41, 5.74) is 0.874. The maximum atomic E-state index is 9.71. The lowest BCUT2D eigenvalue weighted by molar-refractivity contribution is 0.363.